The molecule has 0 aliphatic rings. The summed E-state index contributed by atoms with van der Waals surface area (Å²) < 4.78 is 13.7. The zero-order valence-electron chi connectivity index (χ0n) is 15.5. The Hall–Kier alpha value is -2.70. The fourth-order valence-electron chi connectivity index (χ4n) is 2.72. The number of nitrogens with one attached hydrogen (secondary N) is 1. The second kappa shape index (κ2) is 8.99. The molecule has 0 bridgehead atoms. The maximum Gasteiger partial charge on any atom is 0.259 e. The van der Waals surface area contributed by atoms with Gasteiger partial charge in [-0.15, -0.1) is 23.1 Å². The van der Waals surface area contributed by atoms with Crippen molar-refractivity contribution >= 4 is 38.9 Å². The average Bonchev–Trinajstić information content (AvgIpc) is 3.15. The number of allylic oxidation sites excluding steroid dienone is 2. The number of thioether (sulfide) groups is 1. The van der Waals surface area contributed by atoms with E-state index < -0.39 is 11.7 Å². The molecular weight excluding hydrogens is 391 g/mol. The number of hydrogen-bond donors (Lipinski definition) is 1. The van der Waals surface area contributed by atoms with Crippen LogP contribution in [0.3, 0.4) is 0 Å². The molecule has 0 radical (unpaired) electrons. The zero-order chi connectivity index (χ0) is 20.1. The van der Waals surface area contributed by atoms with Crippen molar-refractivity contribution in [3.05, 3.63) is 90.0 Å². The average molecular weight is 411 g/mol. The molecule has 28 heavy (non-hydrogen) atoms. The van der Waals surface area contributed by atoms with Crippen LogP contribution < -0.4 is 5.32 Å². The second-order valence-corrected chi connectivity index (χ2v) is 7.91. The van der Waals surface area contributed by atoms with E-state index in [2.05, 4.69) is 42.0 Å². The quantitative estimate of drug-likeness (QED) is 0.478. The molecule has 2 aromatic heterocycles. The van der Waals surface area contributed by atoms with Gasteiger partial charge in [-0.2, -0.15) is 0 Å². The van der Waals surface area contributed by atoms with E-state index in [-0.39, 0.29) is 5.56 Å². The van der Waals surface area contributed by atoms with Gasteiger partial charge in [0.1, 0.15) is 0 Å². The predicted octanol–water partition coefficient (Wildman–Crippen LogP) is 6.40. The number of anilines is 1. The van der Waals surface area contributed by atoms with Gasteiger partial charge in [0.15, 0.2) is 5.82 Å². The molecule has 142 valence electrons. The smallest absolute Gasteiger partial charge is 0.259 e. The highest BCUT2D eigenvalue weighted by Crippen LogP contribution is 2.36. The summed E-state index contributed by atoms with van der Waals surface area (Å²) in [7, 11) is 0. The lowest BCUT2D eigenvalue weighted by Crippen LogP contribution is -2.12. The molecule has 1 N–H and O–H groups in total. The normalized spacial score (nSPS) is 11.3. The van der Waals surface area contributed by atoms with Crippen LogP contribution in [0.25, 0.3) is 15.3 Å². The lowest BCUT2D eigenvalue weighted by molar-refractivity contribution is 0.102. The van der Waals surface area contributed by atoms with E-state index in [1.165, 1.54) is 23.6 Å². The number of carbonyl (C=O) groups excluding carboxylic acids is 1. The maximum absolute atomic E-state index is 13.7. The van der Waals surface area contributed by atoms with Crippen LogP contribution in [0, 0.1) is 12.7 Å². The molecule has 3 aromatic rings. The highest BCUT2D eigenvalue weighted by atomic mass is 32.2. The summed E-state index contributed by atoms with van der Waals surface area (Å²) in [6.07, 6.45) is 8.23. The number of amides is 1. The number of pyridine rings is 1. The lowest BCUT2D eigenvalue weighted by atomic mass is 10.0. The van der Waals surface area contributed by atoms with E-state index in [1.54, 1.807) is 17.8 Å². The number of aryl methyl sites for hydroxylation is 1. The molecule has 3 nitrogen and oxygen atoms in total. The van der Waals surface area contributed by atoms with Crippen LogP contribution in [0.5, 0.6) is 0 Å². The molecule has 0 saturated heterocycles. The van der Waals surface area contributed by atoms with Crippen molar-refractivity contribution in [2.75, 3.05) is 11.6 Å². The number of nitrogens with zero attached hydrogens (tertiary/aromatic N) is 1. The van der Waals surface area contributed by atoms with Gasteiger partial charge in [-0.25, -0.2) is 4.39 Å². The van der Waals surface area contributed by atoms with E-state index in [4.69, 9.17) is 0 Å². The van der Waals surface area contributed by atoms with E-state index >= 15 is 0 Å². The van der Waals surface area contributed by atoms with Crippen molar-refractivity contribution in [3.8, 4) is 10.4 Å². The van der Waals surface area contributed by atoms with Gasteiger partial charge in [0.25, 0.3) is 5.91 Å². The largest absolute Gasteiger partial charge is 0.313 e. The van der Waals surface area contributed by atoms with Crippen molar-refractivity contribution < 1.29 is 9.18 Å². The molecule has 3 rings (SSSR count). The summed E-state index contributed by atoms with van der Waals surface area (Å²) in [5.74, 6) is -1.13. The Kier molecular flexibility index (Phi) is 6.44. The van der Waals surface area contributed by atoms with Crippen LogP contribution in [-0.2, 0) is 0 Å². The predicted molar refractivity (Wildman–Crippen MR) is 118 cm³/mol. The first kappa shape index (κ1) is 20.0. The van der Waals surface area contributed by atoms with E-state index in [9.17, 15) is 9.18 Å². The minimum Gasteiger partial charge on any atom is -0.313 e. The number of hydrogen-bond acceptors (Lipinski definition) is 4. The number of halogens is 1. The van der Waals surface area contributed by atoms with Crippen molar-refractivity contribution in [1.29, 1.82) is 0 Å². The van der Waals surface area contributed by atoms with Crippen LogP contribution in [0.4, 0.5) is 9.39 Å². The van der Waals surface area contributed by atoms with Gasteiger partial charge < -0.3 is 5.32 Å². The first-order chi connectivity index (χ1) is 13.5. The Labute approximate surface area is 172 Å². The summed E-state index contributed by atoms with van der Waals surface area (Å²) in [6.45, 7) is 5.83. The van der Waals surface area contributed by atoms with Crippen LogP contribution in [0.15, 0.2) is 67.5 Å². The standard InChI is InChI=1S/C22H19FN2OS2/c1-4-5-19(27-3)15-7-6-14(2)17(12-15)20-8-9-21(28-20)25-22(26)16-10-11-24-13-18(16)23/h4-13H,1H2,2-3H3,(H,25,26)/b19-5-. The van der Waals surface area contributed by atoms with Gasteiger partial charge in [0, 0.05) is 16.0 Å². The summed E-state index contributed by atoms with van der Waals surface area (Å²) in [5, 5.41) is 3.42. The van der Waals surface area contributed by atoms with Crippen LogP contribution >= 0.6 is 23.1 Å². The van der Waals surface area contributed by atoms with E-state index in [0.717, 1.165) is 32.7 Å². The molecule has 0 aliphatic carbocycles. The lowest BCUT2D eigenvalue weighted by Gasteiger charge is -2.09. The van der Waals surface area contributed by atoms with Crippen molar-refractivity contribution in [2.24, 2.45) is 0 Å². The van der Waals surface area contributed by atoms with Crippen LogP contribution in [0.2, 0.25) is 0 Å². The molecular formula is C22H19FN2OS2. The number of thiophene rings is 1. The third-order valence-corrected chi connectivity index (χ3v) is 5.98. The SMILES string of the molecule is C=C/C=C(\SC)c1ccc(C)c(-c2ccc(NC(=O)c3ccncc3F)s2)c1. The molecule has 0 fully saturated rings. The third kappa shape index (κ3) is 4.40. The van der Waals surface area contributed by atoms with Crippen molar-refractivity contribution in [2.45, 2.75) is 6.92 Å². The Balaban J connectivity index is 1.88. The summed E-state index contributed by atoms with van der Waals surface area (Å²) in [6, 6.07) is 11.5. The monoisotopic (exact) mass is 410 g/mol. The first-order valence-corrected chi connectivity index (χ1v) is 10.6. The summed E-state index contributed by atoms with van der Waals surface area (Å²) in [4.78, 5) is 18.1. The van der Waals surface area contributed by atoms with Gasteiger partial charge in [0.05, 0.1) is 16.8 Å². The summed E-state index contributed by atoms with van der Waals surface area (Å²) >= 11 is 3.12. The molecule has 1 amide bonds. The fraction of sp³-hybridized carbons (Fsp3) is 0.0909. The van der Waals surface area contributed by atoms with Crippen LogP contribution in [0.1, 0.15) is 21.5 Å². The number of carbonyl (C=O) groups is 1. The maximum atomic E-state index is 13.7. The summed E-state index contributed by atoms with van der Waals surface area (Å²) in [5.41, 5.74) is 3.33. The van der Waals surface area contributed by atoms with Gasteiger partial charge in [-0.1, -0.05) is 24.8 Å². The molecule has 0 spiro atoms. The minimum atomic E-state index is -0.640. The molecule has 2 heterocycles. The van der Waals surface area contributed by atoms with Gasteiger partial charge >= 0.3 is 0 Å². The molecule has 0 aliphatic heterocycles. The van der Waals surface area contributed by atoms with E-state index in [0.29, 0.717) is 5.00 Å². The van der Waals surface area contributed by atoms with Gasteiger partial charge in [0.2, 0.25) is 0 Å². The van der Waals surface area contributed by atoms with Crippen molar-refractivity contribution in [3.63, 3.8) is 0 Å². The Morgan fingerprint density at radius 3 is 2.82 bits per heavy atom. The zero-order valence-corrected chi connectivity index (χ0v) is 17.2. The molecule has 6 heteroatoms. The third-order valence-electron chi connectivity index (χ3n) is 4.14. The Bertz CT molecular complexity index is 1060. The highest BCUT2D eigenvalue weighted by Gasteiger charge is 2.14. The Morgan fingerprint density at radius 1 is 1.29 bits per heavy atom. The first-order valence-electron chi connectivity index (χ1n) is 8.52. The van der Waals surface area contributed by atoms with E-state index in [1.807, 2.05) is 24.5 Å². The topological polar surface area (TPSA) is 42.0 Å². The van der Waals surface area contributed by atoms with Crippen LogP contribution in [-0.4, -0.2) is 17.1 Å². The van der Waals surface area contributed by atoms with Gasteiger partial charge in [-0.3, -0.25) is 9.78 Å². The number of benzene rings is 1. The minimum absolute atomic E-state index is 0.0256. The Morgan fingerprint density at radius 2 is 2.11 bits per heavy atom. The molecule has 0 atom stereocenters. The molecule has 0 saturated carbocycles. The molecule has 1 aromatic carbocycles. The highest BCUT2D eigenvalue weighted by molar-refractivity contribution is 8.07. The number of aromatic nitrogens is 1. The van der Waals surface area contributed by atoms with Gasteiger partial charge in [-0.05, 0) is 60.2 Å². The number of rotatable bonds is 6. The fourth-order valence-corrected chi connectivity index (χ4v) is 4.30. The van der Waals surface area contributed by atoms with Crippen molar-refractivity contribution in [1.82, 2.24) is 4.98 Å². The second-order valence-electron chi connectivity index (χ2n) is 5.97. The molecule has 0 unspecified atom stereocenters.